The first-order chi connectivity index (χ1) is 20.2. The van der Waals surface area contributed by atoms with E-state index >= 15 is 0 Å². The third-order valence-electron chi connectivity index (χ3n) is 8.36. The second-order valence-electron chi connectivity index (χ2n) is 11.2. The van der Waals surface area contributed by atoms with Crippen LogP contribution in [0.25, 0.3) is 0 Å². The fourth-order valence-corrected chi connectivity index (χ4v) is 6.05. The lowest BCUT2D eigenvalue weighted by Gasteiger charge is -2.37. The lowest BCUT2D eigenvalue weighted by atomic mass is 9.92. The summed E-state index contributed by atoms with van der Waals surface area (Å²) in [5.74, 6) is -1.08. The van der Waals surface area contributed by atoms with Crippen LogP contribution in [0.3, 0.4) is 0 Å². The second kappa shape index (κ2) is 14.6. The van der Waals surface area contributed by atoms with Gasteiger partial charge in [0.1, 0.15) is 12.1 Å². The highest BCUT2D eigenvalue weighted by atomic mass is 35.5. The summed E-state index contributed by atoms with van der Waals surface area (Å²) in [4.78, 5) is 57.0. The Labute approximate surface area is 253 Å². The smallest absolute Gasteiger partial charge is 0.246 e. The number of likely N-dealkylation sites (tertiary alicyclic amines) is 1. The quantitative estimate of drug-likeness (QED) is 0.384. The van der Waals surface area contributed by atoms with Crippen LogP contribution < -0.4 is 16.4 Å². The maximum Gasteiger partial charge on any atom is 0.246 e. The first-order valence-electron chi connectivity index (χ1n) is 14.9. The number of hydrogen-bond acceptors (Lipinski definition) is 5. The lowest BCUT2D eigenvalue weighted by molar-refractivity contribution is -0.144. The molecule has 0 aliphatic carbocycles. The number of nitrogens with zero attached hydrogens (tertiary/aromatic N) is 2. The van der Waals surface area contributed by atoms with Crippen LogP contribution in [0.5, 0.6) is 0 Å². The summed E-state index contributed by atoms with van der Waals surface area (Å²) in [6.45, 7) is 5.11. The molecule has 2 heterocycles. The second-order valence-corrected chi connectivity index (χ2v) is 11.7. The average molecular weight is 596 g/mol. The van der Waals surface area contributed by atoms with E-state index in [9.17, 15) is 19.2 Å². The van der Waals surface area contributed by atoms with Crippen LogP contribution in [0.4, 0.5) is 5.69 Å². The van der Waals surface area contributed by atoms with Crippen molar-refractivity contribution in [3.05, 3.63) is 64.2 Å². The maximum absolute atomic E-state index is 13.7. The molecule has 0 spiro atoms. The maximum atomic E-state index is 13.7. The van der Waals surface area contributed by atoms with Crippen molar-refractivity contribution in [2.75, 3.05) is 18.4 Å². The van der Waals surface area contributed by atoms with Gasteiger partial charge in [-0.2, -0.15) is 0 Å². The first kappa shape index (κ1) is 31.5. The molecule has 226 valence electrons. The topological polar surface area (TPSA) is 125 Å². The molecule has 1 saturated heterocycles. The van der Waals surface area contributed by atoms with Gasteiger partial charge in [-0.25, -0.2) is 0 Å². The fourth-order valence-electron chi connectivity index (χ4n) is 5.93. The Balaban J connectivity index is 1.46. The number of amides is 4. The number of benzene rings is 2. The molecule has 0 unspecified atom stereocenters. The minimum atomic E-state index is -0.890. The van der Waals surface area contributed by atoms with E-state index in [4.69, 9.17) is 17.3 Å². The number of rotatable bonds is 10. The van der Waals surface area contributed by atoms with Crippen LogP contribution in [-0.2, 0) is 32.1 Å². The van der Waals surface area contributed by atoms with Crippen molar-refractivity contribution >= 4 is 40.9 Å². The Kier molecular flexibility index (Phi) is 11.0. The minimum absolute atomic E-state index is 0.00886. The summed E-state index contributed by atoms with van der Waals surface area (Å²) in [6, 6.07) is 11.4. The highest BCUT2D eigenvalue weighted by Crippen LogP contribution is 2.26. The zero-order valence-electron chi connectivity index (χ0n) is 24.5. The van der Waals surface area contributed by atoms with Crippen LogP contribution in [0.2, 0.25) is 5.02 Å². The van der Waals surface area contributed by atoms with E-state index in [2.05, 4.69) is 17.6 Å². The fraction of sp³-hybridized carbons (Fsp3) is 0.500. The van der Waals surface area contributed by atoms with Gasteiger partial charge < -0.3 is 26.2 Å². The van der Waals surface area contributed by atoms with Crippen molar-refractivity contribution in [2.24, 2.45) is 5.73 Å². The Morgan fingerprint density at radius 2 is 1.74 bits per heavy atom. The molecule has 4 amide bonds. The van der Waals surface area contributed by atoms with Crippen LogP contribution in [0.15, 0.2) is 42.5 Å². The zero-order chi connectivity index (χ0) is 30.2. The Morgan fingerprint density at radius 3 is 2.43 bits per heavy atom. The van der Waals surface area contributed by atoms with Gasteiger partial charge in [-0.15, -0.1) is 0 Å². The summed E-state index contributed by atoms with van der Waals surface area (Å²) >= 11 is 6.11. The monoisotopic (exact) mass is 595 g/mol. The van der Waals surface area contributed by atoms with E-state index in [-0.39, 0.29) is 50.2 Å². The summed E-state index contributed by atoms with van der Waals surface area (Å²) < 4.78 is 0. The molecule has 42 heavy (non-hydrogen) atoms. The Bertz CT molecular complexity index is 1300. The largest absolute Gasteiger partial charge is 0.342 e. The lowest BCUT2D eigenvalue weighted by Crippen LogP contribution is -2.56. The van der Waals surface area contributed by atoms with Gasteiger partial charge in [0.25, 0.3) is 0 Å². The van der Waals surface area contributed by atoms with E-state index in [1.54, 1.807) is 23.1 Å². The third kappa shape index (κ3) is 7.69. The molecule has 9 nitrogen and oxygen atoms in total. The number of nitrogens with one attached hydrogen (secondary N) is 2. The SMILES string of the molecule is CC[C@H]1CCCCN1C(=O)CCC(=O)N1Cc2ccccc2C[C@H]1C(=O)N[C@@H](CCN)C(=O)Nc1ccc(Cl)c(C)c1. The standard InChI is InChI=1S/C32H42ClN5O4/c1-3-25-10-6-7-17-37(25)29(39)13-14-30(40)38-20-23-9-5-4-8-22(23)19-28(38)32(42)36-27(15-16-34)31(41)35-24-11-12-26(33)21(2)18-24/h4-5,8-9,11-12,18,25,27-28H,3,6-7,10,13-17,19-20,34H2,1-2H3,(H,35,41)(H,36,42)/t25-,27-,28-/m0/s1. The number of halogens is 1. The van der Waals surface area contributed by atoms with Gasteiger partial charge in [-0.05, 0) is 80.5 Å². The number of aryl methyl sites for hydroxylation is 1. The highest BCUT2D eigenvalue weighted by Gasteiger charge is 2.36. The van der Waals surface area contributed by atoms with Gasteiger partial charge in [0.15, 0.2) is 0 Å². The Morgan fingerprint density at radius 1 is 1.02 bits per heavy atom. The van der Waals surface area contributed by atoms with Crippen LogP contribution in [0, 0.1) is 6.92 Å². The number of anilines is 1. The predicted molar refractivity (Wildman–Crippen MR) is 164 cm³/mol. The number of carbonyl (C=O) groups excluding carboxylic acids is 4. The van der Waals surface area contributed by atoms with Crippen molar-refractivity contribution in [1.82, 2.24) is 15.1 Å². The van der Waals surface area contributed by atoms with Crippen molar-refractivity contribution in [3.8, 4) is 0 Å². The van der Waals surface area contributed by atoms with E-state index in [0.717, 1.165) is 48.9 Å². The molecule has 10 heteroatoms. The van der Waals surface area contributed by atoms with Crippen molar-refractivity contribution < 1.29 is 19.2 Å². The van der Waals surface area contributed by atoms with Crippen LogP contribution in [-0.4, -0.2) is 64.6 Å². The minimum Gasteiger partial charge on any atom is -0.342 e. The summed E-state index contributed by atoms with van der Waals surface area (Å²) in [6.07, 6.45) is 4.69. The molecule has 0 aromatic heterocycles. The average Bonchev–Trinajstić information content (AvgIpc) is 3.00. The molecule has 0 saturated carbocycles. The van der Waals surface area contributed by atoms with Gasteiger partial charge in [-0.1, -0.05) is 42.8 Å². The van der Waals surface area contributed by atoms with Crippen LogP contribution in [0.1, 0.15) is 68.6 Å². The summed E-state index contributed by atoms with van der Waals surface area (Å²) in [7, 11) is 0. The van der Waals surface area contributed by atoms with Crippen molar-refractivity contribution in [3.63, 3.8) is 0 Å². The normalized spacial score (nSPS) is 19.0. The van der Waals surface area contributed by atoms with Gasteiger partial charge in [0.2, 0.25) is 23.6 Å². The van der Waals surface area contributed by atoms with Crippen molar-refractivity contribution in [1.29, 1.82) is 0 Å². The highest BCUT2D eigenvalue weighted by molar-refractivity contribution is 6.31. The summed E-state index contributed by atoms with van der Waals surface area (Å²) in [5, 5.41) is 6.28. The molecule has 2 aromatic carbocycles. The van der Waals surface area contributed by atoms with E-state index in [1.165, 1.54) is 0 Å². The van der Waals surface area contributed by atoms with Gasteiger partial charge in [-0.3, -0.25) is 19.2 Å². The van der Waals surface area contributed by atoms with E-state index in [0.29, 0.717) is 17.1 Å². The molecule has 3 atom stereocenters. The third-order valence-corrected chi connectivity index (χ3v) is 8.78. The molecule has 2 aliphatic rings. The molecule has 4 N–H and O–H groups in total. The number of hydrogen-bond donors (Lipinski definition) is 3. The predicted octanol–water partition coefficient (Wildman–Crippen LogP) is 3.95. The molecule has 2 aliphatic heterocycles. The van der Waals surface area contributed by atoms with Gasteiger partial charge in [0.05, 0.1) is 0 Å². The Hall–Kier alpha value is -3.43. The first-order valence-corrected chi connectivity index (χ1v) is 15.3. The number of fused-ring (bicyclic) bond motifs is 1. The molecule has 0 radical (unpaired) electrons. The number of piperidine rings is 1. The number of carbonyl (C=O) groups is 4. The molecular formula is C32H42ClN5O4. The number of nitrogens with two attached hydrogens (primary N) is 1. The van der Waals surface area contributed by atoms with Gasteiger partial charge in [0, 0.05) is 49.1 Å². The van der Waals surface area contributed by atoms with Crippen molar-refractivity contribution in [2.45, 2.75) is 89.9 Å². The van der Waals surface area contributed by atoms with Gasteiger partial charge >= 0.3 is 0 Å². The van der Waals surface area contributed by atoms with E-state index < -0.39 is 23.9 Å². The van der Waals surface area contributed by atoms with E-state index in [1.807, 2.05) is 36.1 Å². The molecule has 1 fully saturated rings. The summed E-state index contributed by atoms with van der Waals surface area (Å²) in [5.41, 5.74) is 9.12. The molecule has 2 aromatic rings. The zero-order valence-corrected chi connectivity index (χ0v) is 25.3. The molecular weight excluding hydrogens is 554 g/mol. The molecule has 0 bridgehead atoms. The van der Waals surface area contributed by atoms with Crippen LogP contribution >= 0.6 is 11.6 Å². The molecule has 4 rings (SSSR count).